The smallest absolute Gasteiger partial charge is 0.350 e. The lowest BCUT2D eigenvalue weighted by molar-refractivity contribution is 0.0531. The highest BCUT2D eigenvalue weighted by Crippen LogP contribution is 2.39. The van der Waals surface area contributed by atoms with E-state index in [0.29, 0.717) is 27.9 Å². The molecule has 2 aromatic carbocycles. The molecule has 152 valence electrons. The number of nitrogens with zero attached hydrogens (tertiary/aromatic N) is 2. The van der Waals surface area contributed by atoms with Gasteiger partial charge in [0.05, 0.1) is 12.3 Å². The zero-order valence-corrected chi connectivity index (χ0v) is 17.8. The minimum atomic E-state index is -0.378. The molecule has 1 heterocycles. The van der Waals surface area contributed by atoms with Gasteiger partial charge in [0.2, 0.25) is 0 Å². The largest absolute Gasteiger partial charge is 0.462 e. The van der Waals surface area contributed by atoms with Crippen molar-refractivity contribution in [3.8, 4) is 11.1 Å². The third-order valence-electron chi connectivity index (χ3n) is 5.62. The lowest BCUT2D eigenvalue weighted by Gasteiger charge is -2.20. The first-order valence-corrected chi connectivity index (χ1v) is 11.1. The molecule has 0 spiro atoms. The van der Waals surface area contributed by atoms with Crippen molar-refractivity contribution in [2.24, 2.45) is 0 Å². The van der Waals surface area contributed by atoms with Crippen LogP contribution in [0.5, 0.6) is 0 Å². The molecular weight excluding hydrogens is 396 g/mol. The average Bonchev–Trinajstić information content (AvgIpc) is 3.39. The van der Waals surface area contributed by atoms with Crippen molar-refractivity contribution in [1.29, 1.82) is 0 Å². The molecule has 0 saturated heterocycles. The lowest BCUT2D eigenvalue weighted by Crippen LogP contribution is -2.33. The van der Waals surface area contributed by atoms with Gasteiger partial charge in [-0.25, -0.2) is 9.78 Å². The molecule has 5 nitrogen and oxygen atoms in total. The summed E-state index contributed by atoms with van der Waals surface area (Å²) in [5, 5.41) is 0.576. The Bertz CT molecular complexity index is 1160. The van der Waals surface area contributed by atoms with Crippen LogP contribution in [0.1, 0.15) is 56.6 Å². The van der Waals surface area contributed by atoms with E-state index < -0.39 is 0 Å². The number of hydrogen-bond acceptors (Lipinski definition) is 5. The summed E-state index contributed by atoms with van der Waals surface area (Å²) in [5.74, 6) is -0.433. The molecule has 2 aliphatic rings. The topological polar surface area (TPSA) is 59.5 Å². The number of rotatable bonds is 5. The summed E-state index contributed by atoms with van der Waals surface area (Å²) in [7, 11) is 0. The molecular formula is C24H22N2O3S. The summed E-state index contributed by atoms with van der Waals surface area (Å²) in [5.41, 5.74) is 6.20. The second-order valence-corrected chi connectivity index (χ2v) is 8.72. The van der Waals surface area contributed by atoms with Crippen molar-refractivity contribution < 1.29 is 14.3 Å². The highest BCUT2D eigenvalue weighted by molar-refractivity contribution is 7.17. The number of carbonyl (C=O) groups excluding carboxylic acids is 2. The van der Waals surface area contributed by atoms with Gasteiger partial charge in [0.25, 0.3) is 5.91 Å². The molecule has 0 atom stereocenters. The second-order valence-electron chi connectivity index (χ2n) is 7.74. The lowest BCUT2D eigenvalue weighted by atomic mass is 10.0. The Morgan fingerprint density at radius 3 is 2.67 bits per heavy atom. The molecule has 0 N–H and O–H groups in total. The van der Waals surface area contributed by atoms with Crippen molar-refractivity contribution >= 4 is 28.3 Å². The summed E-state index contributed by atoms with van der Waals surface area (Å²) in [6.45, 7) is 3.88. The highest BCUT2D eigenvalue weighted by atomic mass is 32.1. The fourth-order valence-corrected chi connectivity index (χ4v) is 5.06. The van der Waals surface area contributed by atoms with Crippen LogP contribution in [0.2, 0.25) is 0 Å². The Morgan fingerprint density at radius 1 is 1.13 bits per heavy atom. The highest BCUT2D eigenvalue weighted by Gasteiger charge is 2.37. The number of ether oxygens (including phenoxy) is 1. The number of aryl methyl sites for hydroxylation is 1. The number of esters is 1. The van der Waals surface area contributed by atoms with E-state index in [0.717, 1.165) is 19.3 Å². The molecule has 30 heavy (non-hydrogen) atoms. The van der Waals surface area contributed by atoms with E-state index in [9.17, 15) is 9.59 Å². The van der Waals surface area contributed by atoms with Crippen LogP contribution in [-0.2, 0) is 11.2 Å². The monoisotopic (exact) mass is 418 g/mol. The first-order chi connectivity index (χ1) is 14.6. The maximum Gasteiger partial charge on any atom is 0.350 e. The van der Waals surface area contributed by atoms with Crippen LogP contribution in [0.4, 0.5) is 5.13 Å². The van der Waals surface area contributed by atoms with E-state index in [-0.39, 0.29) is 17.9 Å². The van der Waals surface area contributed by atoms with E-state index in [1.54, 1.807) is 18.7 Å². The molecule has 1 aromatic heterocycles. The maximum absolute atomic E-state index is 13.5. The van der Waals surface area contributed by atoms with Gasteiger partial charge in [0, 0.05) is 11.6 Å². The summed E-state index contributed by atoms with van der Waals surface area (Å²) >= 11 is 1.24. The van der Waals surface area contributed by atoms with Crippen LogP contribution in [0.15, 0.2) is 42.5 Å². The Kier molecular flexibility index (Phi) is 4.66. The van der Waals surface area contributed by atoms with Crippen LogP contribution in [0.25, 0.3) is 11.1 Å². The number of fused-ring (bicyclic) bond motifs is 3. The van der Waals surface area contributed by atoms with Gasteiger partial charge in [0.1, 0.15) is 4.88 Å². The standard InChI is InChI=1S/C24H22N2O3S/c1-3-29-23(28)21-14(2)25-24(30-21)26(18-9-10-18)22(27)16-8-11-20-17(13-16)12-15-6-4-5-7-19(15)20/h4-8,11,13,18H,3,9-10,12H2,1-2H3. The van der Waals surface area contributed by atoms with E-state index in [4.69, 9.17) is 4.74 Å². The SMILES string of the molecule is CCOC(=O)c1sc(N(C(=O)c2ccc3c(c2)Cc2ccccc2-3)C2CC2)nc1C. The van der Waals surface area contributed by atoms with E-state index >= 15 is 0 Å². The minimum absolute atomic E-state index is 0.0552. The van der Waals surface area contributed by atoms with Crippen LogP contribution in [-0.4, -0.2) is 29.5 Å². The molecule has 2 aliphatic carbocycles. The molecule has 1 saturated carbocycles. The molecule has 1 fully saturated rings. The Hall–Kier alpha value is -2.99. The predicted octanol–water partition coefficient (Wildman–Crippen LogP) is 5.01. The zero-order valence-electron chi connectivity index (χ0n) is 17.0. The number of benzene rings is 2. The number of thiazole rings is 1. The molecule has 5 rings (SSSR count). The van der Waals surface area contributed by atoms with Crippen LogP contribution < -0.4 is 4.90 Å². The Balaban J connectivity index is 1.47. The maximum atomic E-state index is 13.5. The van der Waals surface area contributed by atoms with E-state index in [1.807, 2.05) is 18.2 Å². The van der Waals surface area contributed by atoms with Gasteiger partial charge >= 0.3 is 5.97 Å². The van der Waals surface area contributed by atoms with Gasteiger partial charge in [0.15, 0.2) is 5.13 Å². The van der Waals surface area contributed by atoms with Gasteiger partial charge in [-0.3, -0.25) is 9.69 Å². The third kappa shape index (κ3) is 3.21. The van der Waals surface area contributed by atoms with Crippen LogP contribution in [0, 0.1) is 6.92 Å². The number of anilines is 1. The zero-order chi connectivity index (χ0) is 20.8. The fourth-order valence-electron chi connectivity index (χ4n) is 4.03. The number of carbonyl (C=O) groups is 2. The van der Waals surface area contributed by atoms with Crippen molar-refractivity contribution in [1.82, 2.24) is 4.98 Å². The first-order valence-electron chi connectivity index (χ1n) is 10.3. The van der Waals surface area contributed by atoms with Gasteiger partial charge in [-0.2, -0.15) is 0 Å². The van der Waals surface area contributed by atoms with E-state index in [2.05, 4.69) is 29.2 Å². The molecule has 3 aromatic rings. The normalized spacial score (nSPS) is 14.2. The Morgan fingerprint density at radius 2 is 1.90 bits per heavy atom. The third-order valence-corrected chi connectivity index (χ3v) is 6.76. The van der Waals surface area contributed by atoms with Gasteiger partial charge in [-0.1, -0.05) is 41.7 Å². The summed E-state index contributed by atoms with van der Waals surface area (Å²) < 4.78 is 5.13. The summed E-state index contributed by atoms with van der Waals surface area (Å²) in [4.78, 5) is 32.5. The predicted molar refractivity (Wildman–Crippen MR) is 117 cm³/mol. The first kappa shape index (κ1) is 19.0. The van der Waals surface area contributed by atoms with Crippen molar-refractivity contribution in [2.45, 2.75) is 39.2 Å². The number of hydrogen-bond donors (Lipinski definition) is 0. The molecule has 1 amide bonds. The number of aromatic nitrogens is 1. The molecule has 0 radical (unpaired) electrons. The van der Waals surface area contributed by atoms with Crippen molar-refractivity contribution in [3.63, 3.8) is 0 Å². The Labute approximate surface area is 179 Å². The summed E-state index contributed by atoms with van der Waals surface area (Å²) in [6, 6.07) is 14.5. The minimum Gasteiger partial charge on any atom is -0.462 e. The summed E-state index contributed by atoms with van der Waals surface area (Å²) in [6.07, 6.45) is 2.75. The van der Waals surface area contributed by atoms with Crippen molar-refractivity contribution in [3.05, 3.63) is 69.7 Å². The van der Waals surface area contributed by atoms with Gasteiger partial charge in [-0.05, 0) is 67.5 Å². The van der Waals surface area contributed by atoms with Crippen LogP contribution in [0.3, 0.4) is 0 Å². The van der Waals surface area contributed by atoms with E-state index in [1.165, 1.54) is 33.6 Å². The number of amides is 1. The van der Waals surface area contributed by atoms with Gasteiger partial charge in [-0.15, -0.1) is 0 Å². The van der Waals surface area contributed by atoms with Crippen molar-refractivity contribution in [2.75, 3.05) is 11.5 Å². The molecule has 0 aliphatic heterocycles. The van der Waals surface area contributed by atoms with Crippen LogP contribution >= 0.6 is 11.3 Å². The second kappa shape index (κ2) is 7.36. The molecule has 6 heteroatoms. The average molecular weight is 419 g/mol. The molecule has 0 unspecified atom stereocenters. The molecule has 0 bridgehead atoms. The van der Waals surface area contributed by atoms with Gasteiger partial charge < -0.3 is 4.74 Å². The fraction of sp³-hybridized carbons (Fsp3) is 0.292. The quantitative estimate of drug-likeness (QED) is 0.428.